The first-order chi connectivity index (χ1) is 11.3. The van der Waals surface area contributed by atoms with E-state index in [2.05, 4.69) is 4.98 Å². The molecule has 1 heterocycles. The summed E-state index contributed by atoms with van der Waals surface area (Å²) in [5.74, 6) is 0.276. The maximum Gasteiger partial charge on any atom is 0.272 e. The van der Waals surface area contributed by atoms with Gasteiger partial charge < -0.3 is 14.7 Å². The Hall–Kier alpha value is -2.11. The predicted molar refractivity (Wildman–Crippen MR) is 94.6 cm³/mol. The van der Waals surface area contributed by atoms with Gasteiger partial charge in [0.15, 0.2) is 0 Å². The second-order valence-corrected chi connectivity index (χ2v) is 6.16. The van der Waals surface area contributed by atoms with Gasteiger partial charge in [-0.2, -0.15) is 0 Å². The van der Waals surface area contributed by atoms with Gasteiger partial charge in [-0.3, -0.25) is 9.78 Å². The molecule has 0 spiro atoms. The number of methoxy groups -OCH3 is 1. The lowest BCUT2D eigenvalue weighted by molar-refractivity contribution is 0.0823. The molecule has 0 radical (unpaired) electrons. The molecule has 24 heavy (non-hydrogen) atoms. The van der Waals surface area contributed by atoms with Crippen LogP contribution >= 0.6 is 11.6 Å². The smallest absolute Gasteiger partial charge is 0.272 e. The molecule has 1 N–H and O–H groups in total. The topological polar surface area (TPSA) is 62.7 Å². The number of halogens is 1. The van der Waals surface area contributed by atoms with Crippen molar-refractivity contribution in [2.24, 2.45) is 0 Å². The molecular formula is C18H21ClN2O3. The second-order valence-electron chi connectivity index (χ2n) is 5.76. The number of carbonyl (C=O) groups excluding carboxylic acids is 1. The number of ether oxygens (including phenoxy) is 1. The summed E-state index contributed by atoms with van der Waals surface area (Å²) in [6.07, 6.45) is 0.809. The van der Waals surface area contributed by atoms with Crippen molar-refractivity contribution in [1.82, 2.24) is 9.88 Å². The first-order valence-electron chi connectivity index (χ1n) is 7.51. The molecule has 0 aliphatic heterocycles. The number of aliphatic hydroxyl groups is 1. The maximum absolute atomic E-state index is 12.5. The molecule has 0 saturated heterocycles. The molecule has 2 rings (SSSR count). The summed E-state index contributed by atoms with van der Waals surface area (Å²) in [6.45, 7) is 3.49. The monoisotopic (exact) mass is 348 g/mol. The van der Waals surface area contributed by atoms with Crippen LogP contribution in [0.3, 0.4) is 0 Å². The van der Waals surface area contributed by atoms with Gasteiger partial charge in [-0.05, 0) is 31.5 Å². The molecule has 0 saturated carbocycles. The Labute approximate surface area is 146 Å². The van der Waals surface area contributed by atoms with E-state index in [1.807, 2.05) is 6.92 Å². The highest BCUT2D eigenvalue weighted by Crippen LogP contribution is 2.43. The second kappa shape index (κ2) is 7.20. The van der Waals surface area contributed by atoms with Crippen LogP contribution in [0.5, 0.6) is 5.75 Å². The first-order valence-corrected chi connectivity index (χ1v) is 7.89. The highest BCUT2D eigenvalue weighted by atomic mass is 35.5. The molecular weight excluding hydrogens is 328 g/mol. The Bertz CT molecular complexity index is 773. The number of benzene rings is 1. The quantitative estimate of drug-likeness (QED) is 0.918. The minimum Gasteiger partial charge on any atom is -0.496 e. The minimum absolute atomic E-state index is 0.217. The zero-order chi connectivity index (χ0) is 18.0. The van der Waals surface area contributed by atoms with Crippen LogP contribution in [0, 0.1) is 6.92 Å². The summed E-state index contributed by atoms with van der Waals surface area (Å²) in [5, 5.41) is 10.6. The molecule has 5 nitrogen and oxygen atoms in total. The summed E-state index contributed by atoms with van der Waals surface area (Å²) in [4.78, 5) is 18.2. The number of carbonyl (C=O) groups is 1. The van der Waals surface area contributed by atoms with Crippen molar-refractivity contribution in [2.75, 3.05) is 21.2 Å². The number of nitrogens with zero attached hydrogens (tertiary/aromatic N) is 2. The Kier molecular flexibility index (Phi) is 5.47. The standard InChI is InChI=1S/C18H21ClN2O3/c1-10-14(19)9-13(11(2)22)17(24-5)15(10)12-7-6-8-20-16(12)18(23)21(3)4/h6-9,11,22H,1-5H3. The van der Waals surface area contributed by atoms with Crippen LogP contribution in [0.4, 0.5) is 0 Å². The van der Waals surface area contributed by atoms with Gasteiger partial charge in [0.25, 0.3) is 5.91 Å². The van der Waals surface area contributed by atoms with Crippen LogP contribution in [0.2, 0.25) is 5.02 Å². The number of aromatic nitrogens is 1. The van der Waals surface area contributed by atoms with Gasteiger partial charge in [-0.1, -0.05) is 17.7 Å². The van der Waals surface area contributed by atoms with Crippen molar-refractivity contribution in [3.8, 4) is 16.9 Å². The third kappa shape index (κ3) is 3.23. The fourth-order valence-corrected chi connectivity index (χ4v) is 2.80. The van der Waals surface area contributed by atoms with E-state index in [1.165, 1.54) is 12.0 Å². The average Bonchev–Trinajstić information content (AvgIpc) is 2.55. The van der Waals surface area contributed by atoms with Crippen LogP contribution in [0.1, 0.15) is 34.6 Å². The Morgan fingerprint density at radius 2 is 2.08 bits per heavy atom. The summed E-state index contributed by atoms with van der Waals surface area (Å²) in [5.41, 5.74) is 2.92. The van der Waals surface area contributed by atoms with Gasteiger partial charge in [-0.15, -0.1) is 0 Å². The number of aliphatic hydroxyl groups excluding tert-OH is 1. The van der Waals surface area contributed by atoms with E-state index in [0.717, 1.165) is 5.56 Å². The van der Waals surface area contributed by atoms with Crippen molar-refractivity contribution < 1.29 is 14.6 Å². The van der Waals surface area contributed by atoms with E-state index < -0.39 is 6.10 Å². The molecule has 1 aromatic heterocycles. The van der Waals surface area contributed by atoms with Crippen LogP contribution in [0.25, 0.3) is 11.1 Å². The van der Waals surface area contributed by atoms with Crippen molar-refractivity contribution in [1.29, 1.82) is 0 Å². The van der Waals surface area contributed by atoms with Crippen molar-refractivity contribution in [3.05, 3.63) is 46.2 Å². The van der Waals surface area contributed by atoms with E-state index in [4.69, 9.17) is 16.3 Å². The zero-order valence-corrected chi connectivity index (χ0v) is 15.2. The number of pyridine rings is 1. The molecule has 1 atom stereocenters. The normalized spacial score (nSPS) is 12.0. The molecule has 0 aliphatic carbocycles. The molecule has 1 amide bonds. The Balaban J connectivity index is 2.85. The van der Waals surface area contributed by atoms with E-state index >= 15 is 0 Å². The molecule has 0 bridgehead atoms. The van der Waals surface area contributed by atoms with Crippen molar-refractivity contribution in [3.63, 3.8) is 0 Å². The average molecular weight is 349 g/mol. The van der Waals surface area contributed by atoms with Gasteiger partial charge in [0.2, 0.25) is 0 Å². The van der Waals surface area contributed by atoms with Gasteiger partial charge in [0.05, 0.1) is 13.2 Å². The van der Waals surface area contributed by atoms with Gasteiger partial charge in [-0.25, -0.2) is 0 Å². The fraction of sp³-hybridized carbons (Fsp3) is 0.333. The van der Waals surface area contributed by atoms with Crippen LogP contribution < -0.4 is 4.74 Å². The van der Waals surface area contributed by atoms with Crippen LogP contribution in [0.15, 0.2) is 24.4 Å². The molecule has 0 fully saturated rings. The Morgan fingerprint density at radius 3 is 2.62 bits per heavy atom. The highest BCUT2D eigenvalue weighted by Gasteiger charge is 2.24. The Morgan fingerprint density at radius 1 is 1.42 bits per heavy atom. The SMILES string of the molecule is COc1c(C(C)O)cc(Cl)c(C)c1-c1cccnc1C(=O)N(C)C. The third-order valence-corrected chi connectivity index (χ3v) is 4.24. The third-order valence-electron chi connectivity index (χ3n) is 3.84. The highest BCUT2D eigenvalue weighted by molar-refractivity contribution is 6.32. The lowest BCUT2D eigenvalue weighted by Gasteiger charge is -2.21. The lowest BCUT2D eigenvalue weighted by Crippen LogP contribution is -2.23. The number of amides is 1. The van der Waals surface area contributed by atoms with E-state index in [0.29, 0.717) is 33.2 Å². The molecule has 1 aromatic carbocycles. The van der Waals surface area contributed by atoms with E-state index in [-0.39, 0.29) is 5.91 Å². The lowest BCUT2D eigenvalue weighted by atomic mass is 9.93. The summed E-state index contributed by atoms with van der Waals surface area (Å²) in [6, 6.07) is 5.24. The molecule has 2 aromatic rings. The number of hydrogen-bond acceptors (Lipinski definition) is 4. The van der Waals surface area contributed by atoms with E-state index in [9.17, 15) is 9.90 Å². The zero-order valence-electron chi connectivity index (χ0n) is 14.4. The minimum atomic E-state index is -0.763. The summed E-state index contributed by atoms with van der Waals surface area (Å²) < 4.78 is 5.55. The van der Waals surface area contributed by atoms with Crippen LogP contribution in [-0.2, 0) is 0 Å². The number of hydrogen-bond donors (Lipinski definition) is 1. The molecule has 0 aliphatic rings. The van der Waals surface area contributed by atoms with Gasteiger partial charge in [0, 0.05) is 42.0 Å². The molecule has 128 valence electrons. The van der Waals surface area contributed by atoms with Gasteiger partial charge in [0.1, 0.15) is 11.4 Å². The molecule has 6 heteroatoms. The van der Waals surface area contributed by atoms with Crippen LogP contribution in [-0.4, -0.2) is 42.1 Å². The predicted octanol–water partition coefficient (Wildman–Crippen LogP) is 3.47. The summed E-state index contributed by atoms with van der Waals surface area (Å²) >= 11 is 6.35. The van der Waals surface area contributed by atoms with Gasteiger partial charge >= 0.3 is 0 Å². The van der Waals surface area contributed by atoms with Crippen molar-refractivity contribution in [2.45, 2.75) is 20.0 Å². The molecule has 1 unspecified atom stereocenters. The van der Waals surface area contributed by atoms with Crippen molar-refractivity contribution >= 4 is 17.5 Å². The largest absolute Gasteiger partial charge is 0.496 e. The fourth-order valence-electron chi connectivity index (χ4n) is 2.59. The maximum atomic E-state index is 12.5. The first kappa shape index (κ1) is 18.2. The summed E-state index contributed by atoms with van der Waals surface area (Å²) in [7, 11) is 4.87. The van der Waals surface area contributed by atoms with E-state index in [1.54, 1.807) is 45.4 Å². The number of rotatable bonds is 4.